The SMILES string of the molecule is C=C(CN)c1ncccc1Br. The van der Waals surface area contributed by atoms with Crippen molar-refractivity contribution in [3.05, 3.63) is 35.1 Å². The van der Waals surface area contributed by atoms with Crippen molar-refractivity contribution in [3.63, 3.8) is 0 Å². The van der Waals surface area contributed by atoms with Gasteiger partial charge >= 0.3 is 0 Å². The minimum atomic E-state index is 0.440. The molecule has 0 saturated carbocycles. The van der Waals surface area contributed by atoms with Crippen molar-refractivity contribution in [2.24, 2.45) is 5.73 Å². The molecule has 0 aliphatic carbocycles. The summed E-state index contributed by atoms with van der Waals surface area (Å²) in [6.07, 6.45) is 1.72. The molecule has 1 aromatic rings. The monoisotopic (exact) mass is 212 g/mol. The van der Waals surface area contributed by atoms with Gasteiger partial charge in [-0.1, -0.05) is 6.58 Å². The molecule has 0 atom stereocenters. The molecule has 0 radical (unpaired) electrons. The van der Waals surface area contributed by atoms with Crippen LogP contribution in [0.2, 0.25) is 0 Å². The Balaban J connectivity index is 3.03. The van der Waals surface area contributed by atoms with Gasteiger partial charge in [-0.2, -0.15) is 0 Å². The van der Waals surface area contributed by atoms with Crippen molar-refractivity contribution in [3.8, 4) is 0 Å². The zero-order valence-electron chi connectivity index (χ0n) is 6.05. The number of rotatable bonds is 2. The number of pyridine rings is 1. The number of nitrogens with zero attached hydrogens (tertiary/aromatic N) is 1. The molecule has 0 amide bonds. The molecule has 0 aromatic carbocycles. The van der Waals surface area contributed by atoms with Crippen LogP contribution in [0.1, 0.15) is 5.69 Å². The van der Waals surface area contributed by atoms with Crippen LogP contribution in [0.5, 0.6) is 0 Å². The Labute approximate surface area is 74.3 Å². The predicted molar refractivity (Wildman–Crippen MR) is 50.0 cm³/mol. The summed E-state index contributed by atoms with van der Waals surface area (Å²) < 4.78 is 0.940. The van der Waals surface area contributed by atoms with E-state index >= 15 is 0 Å². The van der Waals surface area contributed by atoms with Gasteiger partial charge in [0.2, 0.25) is 0 Å². The molecule has 2 N–H and O–H groups in total. The molecular weight excluding hydrogens is 204 g/mol. The lowest BCUT2D eigenvalue weighted by molar-refractivity contribution is 1.19. The van der Waals surface area contributed by atoms with E-state index in [4.69, 9.17) is 5.73 Å². The Morgan fingerprint density at radius 3 is 3.00 bits per heavy atom. The molecule has 1 heterocycles. The summed E-state index contributed by atoms with van der Waals surface area (Å²) in [7, 11) is 0. The van der Waals surface area contributed by atoms with Crippen LogP contribution < -0.4 is 5.73 Å². The van der Waals surface area contributed by atoms with Gasteiger partial charge in [0, 0.05) is 17.2 Å². The summed E-state index contributed by atoms with van der Waals surface area (Å²) in [4.78, 5) is 4.12. The Bertz CT molecular complexity index is 271. The minimum Gasteiger partial charge on any atom is -0.326 e. The fourth-order valence-corrected chi connectivity index (χ4v) is 1.28. The largest absolute Gasteiger partial charge is 0.326 e. The van der Waals surface area contributed by atoms with E-state index in [-0.39, 0.29) is 0 Å². The smallest absolute Gasteiger partial charge is 0.0810 e. The second-order valence-electron chi connectivity index (χ2n) is 2.14. The maximum Gasteiger partial charge on any atom is 0.0810 e. The average Bonchev–Trinajstić information content (AvgIpc) is 2.04. The van der Waals surface area contributed by atoms with Crippen LogP contribution in [-0.2, 0) is 0 Å². The zero-order chi connectivity index (χ0) is 8.27. The lowest BCUT2D eigenvalue weighted by atomic mass is 10.2. The van der Waals surface area contributed by atoms with Gasteiger partial charge in [-0.05, 0) is 33.6 Å². The van der Waals surface area contributed by atoms with Crippen LogP contribution in [0, 0.1) is 0 Å². The van der Waals surface area contributed by atoms with Crippen LogP contribution in [0.25, 0.3) is 5.57 Å². The van der Waals surface area contributed by atoms with Crippen molar-refractivity contribution in [2.45, 2.75) is 0 Å². The summed E-state index contributed by atoms with van der Waals surface area (Å²) >= 11 is 3.36. The number of nitrogens with two attached hydrogens (primary N) is 1. The van der Waals surface area contributed by atoms with Gasteiger partial charge in [0.05, 0.1) is 5.69 Å². The van der Waals surface area contributed by atoms with E-state index in [2.05, 4.69) is 27.5 Å². The van der Waals surface area contributed by atoms with Gasteiger partial charge in [-0.15, -0.1) is 0 Å². The zero-order valence-corrected chi connectivity index (χ0v) is 7.63. The van der Waals surface area contributed by atoms with E-state index in [1.165, 1.54) is 0 Å². The van der Waals surface area contributed by atoms with E-state index in [0.29, 0.717) is 6.54 Å². The number of hydrogen-bond donors (Lipinski definition) is 1. The van der Waals surface area contributed by atoms with Gasteiger partial charge in [-0.25, -0.2) is 0 Å². The van der Waals surface area contributed by atoms with Gasteiger partial charge in [-0.3, -0.25) is 4.98 Å². The van der Waals surface area contributed by atoms with Crippen LogP contribution in [0.3, 0.4) is 0 Å². The molecule has 0 saturated heterocycles. The Morgan fingerprint density at radius 2 is 2.45 bits per heavy atom. The van der Waals surface area contributed by atoms with E-state index in [9.17, 15) is 0 Å². The molecule has 2 nitrogen and oxygen atoms in total. The predicted octanol–water partition coefficient (Wildman–Crippen LogP) is 1.82. The van der Waals surface area contributed by atoms with Gasteiger partial charge in [0.15, 0.2) is 0 Å². The molecule has 1 rings (SSSR count). The lowest BCUT2D eigenvalue weighted by Crippen LogP contribution is -2.02. The van der Waals surface area contributed by atoms with E-state index < -0.39 is 0 Å². The second kappa shape index (κ2) is 3.64. The first kappa shape index (κ1) is 8.43. The van der Waals surface area contributed by atoms with Crippen LogP contribution >= 0.6 is 15.9 Å². The molecule has 0 bridgehead atoms. The maximum atomic E-state index is 5.41. The van der Waals surface area contributed by atoms with Crippen molar-refractivity contribution in [1.29, 1.82) is 0 Å². The Kier molecular flexibility index (Phi) is 2.79. The van der Waals surface area contributed by atoms with E-state index in [1.54, 1.807) is 6.20 Å². The molecule has 0 unspecified atom stereocenters. The number of halogens is 1. The van der Waals surface area contributed by atoms with Gasteiger partial charge in [0.25, 0.3) is 0 Å². The van der Waals surface area contributed by atoms with Crippen LogP contribution in [0.4, 0.5) is 0 Å². The molecule has 11 heavy (non-hydrogen) atoms. The standard InChI is InChI=1S/C8H9BrN2/c1-6(5-10)8-7(9)3-2-4-11-8/h2-4H,1,5,10H2. The second-order valence-corrected chi connectivity index (χ2v) is 3.00. The Hall–Kier alpha value is -0.670. The third kappa shape index (κ3) is 1.88. The quantitative estimate of drug-likeness (QED) is 0.813. The first-order chi connectivity index (χ1) is 5.25. The normalized spacial score (nSPS) is 9.64. The molecule has 58 valence electrons. The van der Waals surface area contributed by atoms with Gasteiger partial charge in [0.1, 0.15) is 0 Å². The number of hydrogen-bond acceptors (Lipinski definition) is 2. The summed E-state index contributed by atoms with van der Waals surface area (Å²) in [5.41, 5.74) is 7.10. The van der Waals surface area contributed by atoms with Crippen molar-refractivity contribution >= 4 is 21.5 Å². The maximum absolute atomic E-state index is 5.41. The minimum absolute atomic E-state index is 0.440. The molecule has 0 aliphatic rings. The topological polar surface area (TPSA) is 38.9 Å². The van der Waals surface area contributed by atoms with Crippen molar-refractivity contribution in [1.82, 2.24) is 4.98 Å². The van der Waals surface area contributed by atoms with E-state index in [1.807, 2.05) is 12.1 Å². The number of aromatic nitrogens is 1. The summed E-state index contributed by atoms with van der Waals surface area (Å²) in [6.45, 7) is 4.23. The summed E-state index contributed by atoms with van der Waals surface area (Å²) in [6, 6.07) is 3.78. The average molecular weight is 213 g/mol. The molecule has 1 aromatic heterocycles. The highest BCUT2D eigenvalue weighted by molar-refractivity contribution is 9.10. The summed E-state index contributed by atoms with van der Waals surface area (Å²) in [5.74, 6) is 0. The highest BCUT2D eigenvalue weighted by Gasteiger charge is 2.01. The highest BCUT2D eigenvalue weighted by Crippen LogP contribution is 2.18. The van der Waals surface area contributed by atoms with Crippen LogP contribution in [-0.4, -0.2) is 11.5 Å². The molecular formula is C8H9BrN2. The first-order valence-electron chi connectivity index (χ1n) is 3.24. The lowest BCUT2D eigenvalue weighted by Gasteiger charge is -2.02. The van der Waals surface area contributed by atoms with Crippen molar-refractivity contribution in [2.75, 3.05) is 6.54 Å². The van der Waals surface area contributed by atoms with Crippen molar-refractivity contribution < 1.29 is 0 Å². The Morgan fingerprint density at radius 1 is 1.73 bits per heavy atom. The molecule has 0 fully saturated rings. The fourth-order valence-electron chi connectivity index (χ4n) is 0.743. The molecule has 0 aliphatic heterocycles. The third-order valence-electron chi connectivity index (χ3n) is 1.34. The molecule has 3 heteroatoms. The fraction of sp³-hybridized carbons (Fsp3) is 0.125. The van der Waals surface area contributed by atoms with Crippen LogP contribution in [0.15, 0.2) is 29.4 Å². The first-order valence-corrected chi connectivity index (χ1v) is 4.03. The molecule has 0 spiro atoms. The van der Waals surface area contributed by atoms with Gasteiger partial charge < -0.3 is 5.73 Å². The third-order valence-corrected chi connectivity index (χ3v) is 1.98. The van der Waals surface area contributed by atoms with E-state index in [0.717, 1.165) is 15.7 Å². The summed E-state index contributed by atoms with van der Waals surface area (Å²) in [5, 5.41) is 0. The highest BCUT2D eigenvalue weighted by atomic mass is 79.9.